The van der Waals surface area contributed by atoms with Crippen molar-refractivity contribution < 1.29 is 19.1 Å². The SMILES string of the molecule is CCC(C)NC(=O)CN1CCN(C(=O)c2ccc(OCCC(C)C)c(OC)c2)CC1. The zero-order chi connectivity index (χ0) is 22.1. The minimum absolute atomic E-state index is 0.0225. The van der Waals surface area contributed by atoms with E-state index < -0.39 is 0 Å². The van der Waals surface area contributed by atoms with Crippen molar-refractivity contribution in [3.8, 4) is 11.5 Å². The molecule has 7 heteroatoms. The molecule has 1 atom stereocenters. The molecule has 2 amide bonds. The third-order valence-corrected chi connectivity index (χ3v) is 5.41. The van der Waals surface area contributed by atoms with Crippen molar-refractivity contribution in [2.45, 2.75) is 46.6 Å². The van der Waals surface area contributed by atoms with Gasteiger partial charge in [0.2, 0.25) is 5.91 Å². The zero-order valence-corrected chi connectivity index (χ0v) is 19.1. The Kier molecular flexibility index (Phi) is 9.43. The molecule has 7 nitrogen and oxygen atoms in total. The summed E-state index contributed by atoms with van der Waals surface area (Å²) in [6.45, 7) is 11.9. The quantitative estimate of drug-likeness (QED) is 0.631. The molecular formula is C23H37N3O4. The van der Waals surface area contributed by atoms with Crippen molar-refractivity contribution in [3.63, 3.8) is 0 Å². The summed E-state index contributed by atoms with van der Waals surface area (Å²) in [6, 6.07) is 5.54. The Morgan fingerprint density at radius 3 is 2.40 bits per heavy atom. The Bertz CT molecular complexity index is 700. The normalized spacial score (nSPS) is 15.7. The van der Waals surface area contributed by atoms with Crippen LogP contribution in [0.5, 0.6) is 11.5 Å². The third kappa shape index (κ3) is 7.20. The number of hydrogen-bond donors (Lipinski definition) is 1. The van der Waals surface area contributed by atoms with E-state index in [-0.39, 0.29) is 17.9 Å². The molecule has 1 fully saturated rings. The van der Waals surface area contributed by atoms with E-state index in [4.69, 9.17) is 9.47 Å². The van der Waals surface area contributed by atoms with E-state index in [1.165, 1.54) is 0 Å². The van der Waals surface area contributed by atoms with Gasteiger partial charge in [-0.25, -0.2) is 0 Å². The first-order valence-electron chi connectivity index (χ1n) is 11.0. The number of piperazine rings is 1. The number of methoxy groups -OCH3 is 1. The molecule has 1 aromatic rings. The number of ether oxygens (including phenoxy) is 2. The van der Waals surface area contributed by atoms with Gasteiger partial charge in [-0.2, -0.15) is 0 Å². The summed E-state index contributed by atoms with van der Waals surface area (Å²) in [4.78, 5) is 28.9. The maximum atomic E-state index is 12.9. The van der Waals surface area contributed by atoms with Crippen LogP contribution in [0.4, 0.5) is 0 Å². The van der Waals surface area contributed by atoms with Crippen molar-refractivity contribution in [1.82, 2.24) is 15.1 Å². The summed E-state index contributed by atoms with van der Waals surface area (Å²) in [6.07, 6.45) is 1.88. The summed E-state index contributed by atoms with van der Waals surface area (Å²) < 4.78 is 11.2. The molecule has 0 saturated carbocycles. The lowest BCUT2D eigenvalue weighted by molar-refractivity contribution is -0.123. The van der Waals surface area contributed by atoms with Crippen molar-refractivity contribution in [2.24, 2.45) is 5.92 Å². The Hall–Kier alpha value is -2.28. The smallest absolute Gasteiger partial charge is 0.254 e. The van der Waals surface area contributed by atoms with Crippen LogP contribution in [0, 0.1) is 5.92 Å². The number of benzene rings is 1. The van der Waals surface area contributed by atoms with E-state index in [1.54, 1.807) is 19.2 Å². The summed E-state index contributed by atoms with van der Waals surface area (Å²) in [5, 5.41) is 2.99. The monoisotopic (exact) mass is 419 g/mol. The summed E-state index contributed by atoms with van der Waals surface area (Å²) in [5.41, 5.74) is 0.589. The molecule has 0 aromatic heterocycles. The molecule has 1 aliphatic rings. The second-order valence-electron chi connectivity index (χ2n) is 8.34. The lowest BCUT2D eigenvalue weighted by atomic mass is 10.1. The van der Waals surface area contributed by atoms with Crippen molar-refractivity contribution in [2.75, 3.05) is 46.4 Å². The van der Waals surface area contributed by atoms with Gasteiger partial charge in [0.25, 0.3) is 5.91 Å². The van der Waals surface area contributed by atoms with E-state index in [0.29, 0.717) is 62.3 Å². The molecule has 1 N–H and O–H groups in total. The van der Waals surface area contributed by atoms with Crippen LogP contribution in [-0.2, 0) is 4.79 Å². The van der Waals surface area contributed by atoms with Gasteiger partial charge in [-0.05, 0) is 43.9 Å². The number of nitrogens with zero attached hydrogens (tertiary/aromatic N) is 2. The van der Waals surface area contributed by atoms with Crippen LogP contribution in [0.2, 0.25) is 0 Å². The van der Waals surface area contributed by atoms with Gasteiger partial charge < -0.3 is 19.7 Å². The first kappa shape index (κ1) is 24.0. The van der Waals surface area contributed by atoms with Gasteiger partial charge in [0.1, 0.15) is 0 Å². The van der Waals surface area contributed by atoms with Gasteiger partial charge in [0.05, 0.1) is 20.3 Å². The predicted octanol–water partition coefficient (Wildman–Crippen LogP) is 2.79. The van der Waals surface area contributed by atoms with Crippen molar-refractivity contribution in [1.29, 1.82) is 0 Å². The first-order chi connectivity index (χ1) is 14.3. The van der Waals surface area contributed by atoms with Gasteiger partial charge >= 0.3 is 0 Å². The van der Waals surface area contributed by atoms with E-state index in [0.717, 1.165) is 12.8 Å². The van der Waals surface area contributed by atoms with E-state index in [9.17, 15) is 9.59 Å². The Morgan fingerprint density at radius 1 is 1.10 bits per heavy atom. The molecule has 1 heterocycles. The molecule has 1 aliphatic heterocycles. The van der Waals surface area contributed by atoms with Crippen LogP contribution < -0.4 is 14.8 Å². The van der Waals surface area contributed by atoms with Gasteiger partial charge in [0, 0.05) is 37.8 Å². The lowest BCUT2D eigenvalue weighted by Gasteiger charge is -2.34. The Morgan fingerprint density at radius 2 is 1.80 bits per heavy atom. The summed E-state index contributed by atoms with van der Waals surface area (Å²) >= 11 is 0. The minimum Gasteiger partial charge on any atom is -0.493 e. The highest BCUT2D eigenvalue weighted by Crippen LogP contribution is 2.29. The van der Waals surface area contributed by atoms with Crippen LogP contribution in [0.1, 0.15) is 50.9 Å². The minimum atomic E-state index is -0.0225. The molecule has 0 aliphatic carbocycles. The highest BCUT2D eigenvalue weighted by atomic mass is 16.5. The van der Waals surface area contributed by atoms with Crippen LogP contribution in [0.15, 0.2) is 18.2 Å². The molecule has 0 bridgehead atoms. The van der Waals surface area contributed by atoms with Gasteiger partial charge in [-0.15, -0.1) is 0 Å². The maximum Gasteiger partial charge on any atom is 0.254 e. The standard InChI is InChI=1S/C23H37N3O4/c1-6-18(4)24-22(27)16-25-10-12-26(13-11-25)23(28)19-7-8-20(21(15-19)29-5)30-14-9-17(2)3/h7-8,15,17-18H,6,9-14,16H2,1-5H3,(H,24,27). The number of amides is 2. The van der Waals surface area contributed by atoms with E-state index >= 15 is 0 Å². The molecular weight excluding hydrogens is 382 g/mol. The summed E-state index contributed by atoms with van der Waals surface area (Å²) in [7, 11) is 1.59. The molecule has 0 spiro atoms. The molecule has 30 heavy (non-hydrogen) atoms. The molecule has 1 saturated heterocycles. The van der Waals surface area contributed by atoms with Crippen molar-refractivity contribution >= 4 is 11.8 Å². The molecule has 0 radical (unpaired) electrons. The highest BCUT2D eigenvalue weighted by molar-refractivity contribution is 5.95. The summed E-state index contributed by atoms with van der Waals surface area (Å²) in [5.74, 6) is 1.82. The average Bonchev–Trinajstić information content (AvgIpc) is 2.73. The largest absolute Gasteiger partial charge is 0.493 e. The number of nitrogens with one attached hydrogen (secondary N) is 1. The lowest BCUT2D eigenvalue weighted by Crippen LogP contribution is -2.51. The van der Waals surface area contributed by atoms with Crippen molar-refractivity contribution in [3.05, 3.63) is 23.8 Å². The zero-order valence-electron chi connectivity index (χ0n) is 19.1. The maximum absolute atomic E-state index is 12.9. The number of carbonyl (C=O) groups is 2. The van der Waals surface area contributed by atoms with Crippen LogP contribution in [0.3, 0.4) is 0 Å². The highest BCUT2D eigenvalue weighted by Gasteiger charge is 2.24. The second-order valence-corrected chi connectivity index (χ2v) is 8.34. The number of hydrogen-bond acceptors (Lipinski definition) is 5. The third-order valence-electron chi connectivity index (χ3n) is 5.41. The van der Waals surface area contributed by atoms with Crippen LogP contribution >= 0.6 is 0 Å². The van der Waals surface area contributed by atoms with Gasteiger partial charge in [-0.1, -0.05) is 20.8 Å². The number of carbonyl (C=O) groups excluding carboxylic acids is 2. The fraction of sp³-hybridized carbons (Fsp3) is 0.652. The van der Waals surface area contributed by atoms with E-state index in [2.05, 4.69) is 31.0 Å². The van der Waals surface area contributed by atoms with Gasteiger partial charge in [-0.3, -0.25) is 14.5 Å². The fourth-order valence-corrected chi connectivity index (χ4v) is 3.24. The number of rotatable bonds is 10. The molecule has 1 unspecified atom stereocenters. The van der Waals surface area contributed by atoms with Crippen LogP contribution in [0.25, 0.3) is 0 Å². The topological polar surface area (TPSA) is 71.1 Å². The molecule has 2 rings (SSSR count). The average molecular weight is 420 g/mol. The first-order valence-corrected chi connectivity index (χ1v) is 11.0. The Labute approximate surface area is 180 Å². The second kappa shape index (κ2) is 11.8. The van der Waals surface area contributed by atoms with Gasteiger partial charge in [0.15, 0.2) is 11.5 Å². The predicted molar refractivity (Wildman–Crippen MR) is 118 cm³/mol. The Balaban J connectivity index is 1.89. The molecule has 168 valence electrons. The van der Waals surface area contributed by atoms with Crippen LogP contribution in [-0.4, -0.2) is 74.1 Å². The fourth-order valence-electron chi connectivity index (χ4n) is 3.24. The van der Waals surface area contributed by atoms with E-state index in [1.807, 2.05) is 17.9 Å². The molecule has 1 aromatic carbocycles.